The first-order valence-electron chi connectivity index (χ1n) is 5.13. The number of rotatable bonds is 5. The van der Waals surface area contributed by atoms with Crippen LogP contribution in [0.1, 0.15) is 24.0 Å². The molecule has 0 atom stereocenters. The SMILES string of the molecule is COc1cc(C)cc(CCCC(=O)O)c1O. The second-order valence-electron chi connectivity index (χ2n) is 3.72. The molecule has 0 bridgehead atoms. The molecule has 0 saturated heterocycles. The van der Waals surface area contributed by atoms with Crippen molar-refractivity contribution in [2.75, 3.05) is 7.11 Å². The van der Waals surface area contributed by atoms with Crippen LogP contribution in [0.3, 0.4) is 0 Å². The number of carboxylic acids is 1. The molecule has 2 N–H and O–H groups in total. The molecule has 0 aromatic heterocycles. The summed E-state index contributed by atoms with van der Waals surface area (Å²) in [5.74, 6) is -0.275. The highest BCUT2D eigenvalue weighted by Gasteiger charge is 2.09. The molecule has 0 unspecified atom stereocenters. The summed E-state index contributed by atoms with van der Waals surface area (Å²) in [6.45, 7) is 1.91. The Bertz CT molecular complexity index is 385. The lowest BCUT2D eigenvalue weighted by Gasteiger charge is -2.10. The van der Waals surface area contributed by atoms with Crippen molar-refractivity contribution < 1.29 is 19.7 Å². The molecule has 0 saturated carbocycles. The number of carboxylic acid groups (broad SMARTS) is 1. The summed E-state index contributed by atoms with van der Waals surface area (Å²) < 4.78 is 5.03. The van der Waals surface area contributed by atoms with Crippen molar-refractivity contribution in [1.29, 1.82) is 0 Å². The highest BCUT2D eigenvalue weighted by molar-refractivity contribution is 5.66. The standard InChI is InChI=1S/C12H16O4/c1-8-6-9(4-3-5-11(13)14)12(15)10(7-8)16-2/h6-7,15H,3-5H2,1-2H3,(H,13,14). The predicted octanol–water partition coefficient (Wildman–Crippen LogP) is 2.12. The molecular weight excluding hydrogens is 208 g/mol. The van der Waals surface area contributed by atoms with Crippen LogP contribution in [-0.4, -0.2) is 23.3 Å². The summed E-state index contributed by atoms with van der Waals surface area (Å²) in [5.41, 5.74) is 1.72. The number of aromatic hydroxyl groups is 1. The van der Waals surface area contributed by atoms with Crippen LogP contribution in [0.15, 0.2) is 12.1 Å². The molecule has 0 fully saturated rings. The average molecular weight is 224 g/mol. The molecule has 16 heavy (non-hydrogen) atoms. The van der Waals surface area contributed by atoms with E-state index in [1.165, 1.54) is 7.11 Å². The molecule has 4 heteroatoms. The molecule has 0 aliphatic rings. The van der Waals surface area contributed by atoms with Crippen molar-refractivity contribution in [2.45, 2.75) is 26.2 Å². The molecule has 1 aromatic rings. The summed E-state index contributed by atoms with van der Waals surface area (Å²) in [7, 11) is 1.50. The van der Waals surface area contributed by atoms with Gasteiger partial charge in [-0.3, -0.25) is 4.79 Å². The van der Waals surface area contributed by atoms with E-state index in [-0.39, 0.29) is 12.2 Å². The lowest BCUT2D eigenvalue weighted by molar-refractivity contribution is -0.137. The van der Waals surface area contributed by atoms with Gasteiger partial charge in [-0.1, -0.05) is 6.07 Å². The maximum atomic E-state index is 10.4. The lowest BCUT2D eigenvalue weighted by atomic mass is 10.0. The van der Waals surface area contributed by atoms with Gasteiger partial charge in [-0.25, -0.2) is 0 Å². The van der Waals surface area contributed by atoms with Crippen LogP contribution in [0.4, 0.5) is 0 Å². The first-order chi connectivity index (χ1) is 7.54. The zero-order valence-corrected chi connectivity index (χ0v) is 9.49. The van der Waals surface area contributed by atoms with Crippen molar-refractivity contribution in [3.8, 4) is 11.5 Å². The first kappa shape index (κ1) is 12.4. The minimum absolute atomic E-state index is 0.107. The Morgan fingerprint density at radius 2 is 2.12 bits per heavy atom. The molecule has 0 radical (unpaired) electrons. The van der Waals surface area contributed by atoms with Crippen LogP contribution in [0, 0.1) is 6.92 Å². The summed E-state index contributed by atoms with van der Waals surface area (Å²) in [5, 5.41) is 18.3. The van der Waals surface area contributed by atoms with Gasteiger partial charge in [-0.15, -0.1) is 0 Å². The van der Waals surface area contributed by atoms with Gasteiger partial charge in [0.1, 0.15) is 0 Å². The van der Waals surface area contributed by atoms with E-state index in [1.54, 1.807) is 6.07 Å². The van der Waals surface area contributed by atoms with Crippen LogP contribution in [0.25, 0.3) is 0 Å². The normalized spacial score (nSPS) is 10.1. The van der Waals surface area contributed by atoms with Crippen molar-refractivity contribution in [2.24, 2.45) is 0 Å². The predicted molar refractivity (Wildman–Crippen MR) is 60.0 cm³/mol. The molecule has 4 nitrogen and oxygen atoms in total. The topological polar surface area (TPSA) is 66.8 Å². The zero-order chi connectivity index (χ0) is 12.1. The molecular formula is C12H16O4. The third-order valence-electron chi connectivity index (χ3n) is 2.35. The molecule has 0 heterocycles. The number of aryl methyl sites for hydroxylation is 2. The van der Waals surface area contributed by atoms with E-state index >= 15 is 0 Å². The van der Waals surface area contributed by atoms with Gasteiger partial charge in [0, 0.05) is 6.42 Å². The highest BCUT2D eigenvalue weighted by atomic mass is 16.5. The summed E-state index contributed by atoms with van der Waals surface area (Å²) in [6, 6.07) is 3.59. The Morgan fingerprint density at radius 1 is 1.44 bits per heavy atom. The third kappa shape index (κ3) is 3.15. The van der Waals surface area contributed by atoms with Gasteiger partial charge in [0.15, 0.2) is 11.5 Å². The maximum absolute atomic E-state index is 10.4. The molecule has 0 aliphatic carbocycles. The number of ether oxygens (including phenoxy) is 1. The smallest absolute Gasteiger partial charge is 0.303 e. The molecule has 0 spiro atoms. The van der Waals surface area contributed by atoms with E-state index in [9.17, 15) is 9.90 Å². The van der Waals surface area contributed by atoms with E-state index in [0.29, 0.717) is 18.6 Å². The number of benzene rings is 1. The Balaban J connectivity index is 2.78. The fourth-order valence-corrected chi connectivity index (χ4v) is 1.59. The molecule has 1 rings (SSSR count). The third-order valence-corrected chi connectivity index (χ3v) is 2.35. The van der Waals surface area contributed by atoms with Crippen LogP contribution >= 0.6 is 0 Å². The van der Waals surface area contributed by atoms with E-state index < -0.39 is 5.97 Å². The largest absolute Gasteiger partial charge is 0.504 e. The number of methoxy groups -OCH3 is 1. The van der Waals surface area contributed by atoms with Crippen molar-refractivity contribution in [1.82, 2.24) is 0 Å². The van der Waals surface area contributed by atoms with E-state index in [1.807, 2.05) is 13.0 Å². The van der Waals surface area contributed by atoms with Crippen LogP contribution in [0.5, 0.6) is 11.5 Å². The van der Waals surface area contributed by atoms with Crippen molar-refractivity contribution >= 4 is 5.97 Å². The number of phenolic OH excluding ortho intramolecular Hbond substituents is 1. The average Bonchev–Trinajstić information content (AvgIpc) is 2.22. The Hall–Kier alpha value is -1.71. The van der Waals surface area contributed by atoms with Gasteiger partial charge < -0.3 is 14.9 Å². The van der Waals surface area contributed by atoms with E-state index in [2.05, 4.69) is 0 Å². The molecule has 0 amide bonds. The zero-order valence-electron chi connectivity index (χ0n) is 9.49. The van der Waals surface area contributed by atoms with Gasteiger partial charge in [-0.2, -0.15) is 0 Å². The van der Waals surface area contributed by atoms with Gasteiger partial charge in [-0.05, 0) is 37.0 Å². The fraction of sp³-hybridized carbons (Fsp3) is 0.417. The monoisotopic (exact) mass is 224 g/mol. The summed E-state index contributed by atoms with van der Waals surface area (Å²) in [6.07, 6.45) is 1.15. The Labute approximate surface area is 94.5 Å². The maximum Gasteiger partial charge on any atom is 0.303 e. The first-order valence-corrected chi connectivity index (χ1v) is 5.13. The number of phenols is 1. The number of aliphatic carboxylic acids is 1. The minimum atomic E-state index is -0.820. The molecule has 0 aliphatic heterocycles. The van der Waals surface area contributed by atoms with Crippen molar-refractivity contribution in [3.05, 3.63) is 23.3 Å². The highest BCUT2D eigenvalue weighted by Crippen LogP contribution is 2.32. The number of hydrogen-bond acceptors (Lipinski definition) is 3. The number of carbonyl (C=O) groups is 1. The van der Waals surface area contributed by atoms with Gasteiger partial charge in [0.25, 0.3) is 0 Å². The number of hydrogen-bond donors (Lipinski definition) is 2. The second-order valence-corrected chi connectivity index (χ2v) is 3.72. The fourth-order valence-electron chi connectivity index (χ4n) is 1.59. The summed E-state index contributed by atoms with van der Waals surface area (Å²) >= 11 is 0. The van der Waals surface area contributed by atoms with Gasteiger partial charge >= 0.3 is 5.97 Å². The Kier molecular flexibility index (Phi) is 4.17. The molecule has 1 aromatic carbocycles. The van der Waals surface area contributed by atoms with E-state index in [0.717, 1.165) is 11.1 Å². The molecule has 88 valence electrons. The Morgan fingerprint density at radius 3 is 2.69 bits per heavy atom. The van der Waals surface area contributed by atoms with Gasteiger partial charge in [0.2, 0.25) is 0 Å². The van der Waals surface area contributed by atoms with Crippen LogP contribution in [-0.2, 0) is 11.2 Å². The van der Waals surface area contributed by atoms with Crippen LogP contribution < -0.4 is 4.74 Å². The van der Waals surface area contributed by atoms with E-state index in [4.69, 9.17) is 9.84 Å². The van der Waals surface area contributed by atoms with Gasteiger partial charge in [0.05, 0.1) is 7.11 Å². The second kappa shape index (κ2) is 5.39. The minimum Gasteiger partial charge on any atom is -0.504 e. The lowest BCUT2D eigenvalue weighted by Crippen LogP contribution is -1.97. The van der Waals surface area contributed by atoms with Crippen molar-refractivity contribution in [3.63, 3.8) is 0 Å². The summed E-state index contributed by atoms with van der Waals surface area (Å²) in [4.78, 5) is 10.4. The van der Waals surface area contributed by atoms with Crippen LogP contribution in [0.2, 0.25) is 0 Å². The quantitative estimate of drug-likeness (QED) is 0.803.